The van der Waals surface area contributed by atoms with Crippen molar-refractivity contribution < 1.29 is 0 Å². The van der Waals surface area contributed by atoms with Crippen LogP contribution in [-0.2, 0) is 0 Å². The molecule has 0 amide bonds. The van der Waals surface area contributed by atoms with Gasteiger partial charge in [0.1, 0.15) is 0 Å². The minimum absolute atomic E-state index is 0.0185. The monoisotopic (exact) mass is 106 g/mol. The van der Waals surface area contributed by atoms with E-state index in [0.717, 1.165) is 19.4 Å². The highest BCUT2D eigenvalue weighted by Gasteiger charge is 2.18. The third-order valence-corrected chi connectivity index (χ3v) is 1.44. The van der Waals surface area contributed by atoms with Gasteiger partial charge >= 0.3 is 0 Å². The molecule has 1 fully saturated rings. The van der Waals surface area contributed by atoms with Crippen LogP contribution in [0.2, 0.25) is 0 Å². The highest BCUT2D eigenvalue weighted by molar-refractivity contribution is 6.04. The van der Waals surface area contributed by atoms with Crippen molar-refractivity contribution in [3.8, 4) is 6.07 Å². The van der Waals surface area contributed by atoms with Gasteiger partial charge < -0.3 is 4.81 Å². The van der Waals surface area contributed by atoms with E-state index in [2.05, 4.69) is 6.07 Å². The average Bonchev–Trinajstić information content (AvgIpc) is 2.14. The molecule has 0 N–H and O–H groups in total. The molecule has 40 valence electrons. The first-order chi connectivity index (χ1) is 3.84. The van der Waals surface area contributed by atoms with Crippen molar-refractivity contribution in [2.75, 3.05) is 6.54 Å². The summed E-state index contributed by atoms with van der Waals surface area (Å²) in [6.45, 7) is 0.873. The Bertz CT molecular complexity index is 118. The van der Waals surface area contributed by atoms with Crippen molar-refractivity contribution in [2.45, 2.75) is 18.9 Å². The number of rotatable bonds is 0. The molecular weight excluding hydrogens is 98.9 g/mol. The molecular formula is C5H7BN2. The van der Waals surface area contributed by atoms with Crippen LogP contribution in [0.5, 0.6) is 0 Å². The van der Waals surface area contributed by atoms with E-state index >= 15 is 0 Å². The maximum Gasteiger partial charge on any atom is 0.184 e. The molecule has 0 aromatic carbocycles. The van der Waals surface area contributed by atoms with E-state index in [4.69, 9.17) is 13.2 Å². The number of hydrogen-bond acceptors (Lipinski definition) is 2. The molecule has 0 spiro atoms. The maximum absolute atomic E-state index is 8.36. The van der Waals surface area contributed by atoms with Crippen molar-refractivity contribution in [3.05, 3.63) is 0 Å². The molecule has 8 heavy (non-hydrogen) atoms. The minimum Gasteiger partial charge on any atom is -0.340 e. The second kappa shape index (κ2) is 2.19. The van der Waals surface area contributed by atoms with Crippen LogP contribution < -0.4 is 0 Å². The zero-order valence-corrected chi connectivity index (χ0v) is 4.67. The summed E-state index contributed by atoms with van der Waals surface area (Å²) < 4.78 is 0. The summed E-state index contributed by atoms with van der Waals surface area (Å²) in [5.74, 6) is 0. The van der Waals surface area contributed by atoms with Crippen LogP contribution in [0.4, 0.5) is 0 Å². The zero-order chi connectivity index (χ0) is 5.98. The Morgan fingerprint density at radius 2 is 2.50 bits per heavy atom. The Morgan fingerprint density at radius 3 is 2.75 bits per heavy atom. The van der Waals surface area contributed by atoms with Gasteiger partial charge in [0.15, 0.2) is 7.98 Å². The summed E-state index contributed by atoms with van der Waals surface area (Å²) >= 11 is 0. The molecule has 0 saturated carbocycles. The third kappa shape index (κ3) is 0.848. The lowest BCUT2D eigenvalue weighted by Crippen LogP contribution is -2.24. The van der Waals surface area contributed by atoms with Crippen LogP contribution in [-0.4, -0.2) is 25.4 Å². The fourth-order valence-corrected chi connectivity index (χ4v) is 0.928. The maximum atomic E-state index is 8.36. The molecule has 1 heterocycles. The van der Waals surface area contributed by atoms with Gasteiger partial charge in [0.25, 0.3) is 0 Å². The van der Waals surface area contributed by atoms with E-state index in [9.17, 15) is 0 Å². The lowest BCUT2D eigenvalue weighted by molar-refractivity contribution is 0.494. The van der Waals surface area contributed by atoms with Crippen LogP contribution in [0, 0.1) is 11.3 Å². The van der Waals surface area contributed by atoms with Crippen molar-refractivity contribution in [2.24, 2.45) is 0 Å². The smallest absolute Gasteiger partial charge is 0.184 e. The Balaban J connectivity index is 2.45. The largest absolute Gasteiger partial charge is 0.340 e. The molecule has 1 atom stereocenters. The second-order valence-corrected chi connectivity index (χ2v) is 2.02. The Hall–Kier alpha value is -0.485. The van der Waals surface area contributed by atoms with E-state index in [1.165, 1.54) is 0 Å². The van der Waals surface area contributed by atoms with E-state index in [0.29, 0.717) is 0 Å². The molecule has 1 aliphatic rings. The Morgan fingerprint density at radius 1 is 1.75 bits per heavy atom. The highest BCUT2D eigenvalue weighted by Crippen LogP contribution is 2.11. The molecule has 0 bridgehead atoms. The van der Waals surface area contributed by atoms with Crippen LogP contribution in [0.25, 0.3) is 0 Å². The molecule has 2 radical (unpaired) electrons. The summed E-state index contributed by atoms with van der Waals surface area (Å²) in [7, 11) is 5.40. The fourth-order valence-electron chi connectivity index (χ4n) is 0.928. The van der Waals surface area contributed by atoms with Crippen LogP contribution in [0.15, 0.2) is 0 Å². The van der Waals surface area contributed by atoms with Crippen LogP contribution in [0.1, 0.15) is 12.8 Å². The number of hydrogen-bond donors (Lipinski definition) is 0. The van der Waals surface area contributed by atoms with Gasteiger partial charge in [-0.05, 0) is 19.4 Å². The normalized spacial score (nSPS) is 30.1. The Labute approximate surface area is 50.5 Å². The molecule has 0 aliphatic carbocycles. The minimum atomic E-state index is -0.0185. The van der Waals surface area contributed by atoms with Crippen molar-refractivity contribution in [3.63, 3.8) is 0 Å². The quantitative estimate of drug-likeness (QED) is 0.408. The summed E-state index contributed by atoms with van der Waals surface area (Å²) in [6, 6.07) is 2.10. The number of nitriles is 1. The van der Waals surface area contributed by atoms with Gasteiger partial charge in [0.05, 0.1) is 12.1 Å². The molecule has 1 aliphatic heterocycles. The molecule has 0 aromatic rings. The lowest BCUT2D eigenvalue weighted by atomic mass is 10.2. The lowest BCUT2D eigenvalue weighted by Gasteiger charge is -2.10. The first kappa shape index (κ1) is 5.65. The summed E-state index contributed by atoms with van der Waals surface area (Å²) in [5, 5.41) is 8.36. The van der Waals surface area contributed by atoms with Crippen molar-refractivity contribution in [1.29, 1.82) is 5.26 Å². The molecule has 0 aromatic heterocycles. The van der Waals surface area contributed by atoms with Gasteiger partial charge in [-0.1, -0.05) is 0 Å². The second-order valence-electron chi connectivity index (χ2n) is 2.02. The van der Waals surface area contributed by atoms with Crippen molar-refractivity contribution in [1.82, 2.24) is 4.81 Å². The van der Waals surface area contributed by atoms with E-state index in [-0.39, 0.29) is 6.04 Å². The van der Waals surface area contributed by atoms with E-state index in [1.54, 1.807) is 4.81 Å². The van der Waals surface area contributed by atoms with Crippen LogP contribution >= 0.6 is 0 Å². The topological polar surface area (TPSA) is 27.0 Å². The van der Waals surface area contributed by atoms with E-state index in [1.807, 2.05) is 0 Å². The molecule has 2 nitrogen and oxygen atoms in total. The molecule has 1 rings (SSSR count). The predicted octanol–water partition coefficient (Wildman–Crippen LogP) is 0.0579. The summed E-state index contributed by atoms with van der Waals surface area (Å²) in [4.78, 5) is 1.60. The summed E-state index contributed by atoms with van der Waals surface area (Å²) in [6.07, 6.45) is 2.00. The molecule has 1 unspecified atom stereocenters. The van der Waals surface area contributed by atoms with Crippen molar-refractivity contribution >= 4 is 7.98 Å². The van der Waals surface area contributed by atoms with Gasteiger partial charge in [0, 0.05) is 0 Å². The highest BCUT2D eigenvalue weighted by atomic mass is 15.1. The van der Waals surface area contributed by atoms with Gasteiger partial charge in [-0.3, -0.25) is 0 Å². The molecule has 3 heteroatoms. The number of nitrogens with zero attached hydrogens (tertiary/aromatic N) is 2. The SMILES string of the molecule is [B]N1CCCC1C#N. The summed E-state index contributed by atoms with van der Waals surface area (Å²) in [5.41, 5.74) is 0. The third-order valence-electron chi connectivity index (χ3n) is 1.44. The first-order valence-electron chi connectivity index (χ1n) is 2.75. The Kier molecular flexibility index (Phi) is 1.55. The predicted molar refractivity (Wildman–Crippen MR) is 31.1 cm³/mol. The van der Waals surface area contributed by atoms with Crippen LogP contribution in [0.3, 0.4) is 0 Å². The van der Waals surface area contributed by atoms with Gasteiger partial charge in [-0.2, -0.15) is 5.26 Å². The average molecular weight is 106 g/mol. The standard InChI is InChI=1S/C5H7BN2/c6-8-3-1-2-5(8)4-7/h5H,1-3H2. The molecule has 1 saturated heterocycles. The van der Waals surface area contributed by atoms with E-state index < -0.39 is 0 Å². The first-order valence-corrected chi connectivity index (χ1v) is 2.75. The fraction of sp³-hybridized carbons (Fsp3) is 0.800. The van der Waals surface area contributed by atoms with Gasteiger partial charge in [-0.25, -0.2) is 0 Å². The van der Waals surface area contributed by atoms with Gasteiger partial charge in [0.2, 0.25) is 0 Å². The van der Waals surface area contributed by atoms with Gasteiger partial charge in [-0.15, -0.1) is 0 Å². The zero-order valence-electron chi connectivity index (χ0n) is 4.67.